The summed E-state index contributed by atoms with van der Waals surface area (Å²) in [6.45, 7) is 2.41. The van der Waals surface area contributed by atoms with Gasteiger partial charge in [0.25, 0.3) is 0 Å². The highest BCUT2D eigenvalue weighted by Crippen LogP contribution is 2.43. The summed E-state index contributed by atoms with van der Waals surface area (Å²) in [6.07, 6.45) is 0.0856. The number of halogens is 1. The van der Waals surface area contributed by atoms with E-state index in [2.05, 4.69) is 4.90 Å². The van der Waals surface area contributed by atoms with Crippen LogP contribution in [0.4, 0.5) is 4.39 Å². The SMILES string of the molecule is COC(=O)[C@@H](CC(=O)c1c(C)cccc1F)Cc1cccc2c(-c3c(OC)cc(CN(C)C)cc3OC)cccc12. The van der Waals surface area contributed by atoms with Gasteiger partial charge in [-0.25, -0.2) is 4.39 Å². The minimum atomic E-state index is -0.782. The van der Waals surface area contributed by atoms with Gasteiger partial charge in [-0.05, 0) is 78.7 Å². The van der Waals surface area contributed by atoms with E-state index in [0.29, 0.717) is 17.1 Å². The van der Waals surface area contributed by atoms with Gasteiger partial charge in [-0.3, -0.25) is 9.59 Å². The fourth-order valence-corrected chi connectivity index (χ4v) is 5.44. The topological polar surface area (TPSA) is 65.1 Å². The molecule has 0 aliphatic heterocycles. The maximum Gasteiger partial charge on any atom is 0.309 e. The van der Waals surface area contributed by atoms with Crippen molar-refractivity contribution < 1.29 is 28.2 Å². The predicted molar refractivity (Wildman–Crippen MR) is 159 cm³/mol. The van der Waals surface area contributed by atoms with E-state index in [0.717, 1.165) is 39.6 Å². The highest BCUT2D eigenvalue weighted by molar-refractivity contribution is 6.02. The zero-order valence-electron chi connectivity index (χ0n) is 24.4. The average Bonchev–Trinajstić information content (AvgIpc) is 2.95. The third kappa shape index (κ3) is 6.41. The lowest BCUT2D eigenvalue weighted by atomic mass is 9.87. The Labute approximate surface area is 240 Å². The van der Waals surface area contributed by atoms with Crippen LogP contribution in [0.25, 0.3) is 21.9 Å². The molecule has 0 bridgehead atoms. The molecule has 0 fully saturated rings. The summed E-state index contributed by atoms with van der Waals surface area (Å²) < 4.78 is 31.3. The minimum absolute atomic E-state index is 0.0125. The van der Waals surface area contributed by atoms with Gasteiger partial charge in [-0.15, -0.1) is 0 Å². The monoisotopic (exact) mass is 557 g/mol. The normalized spacial score (nSPS) is 11.9. The minimum Gasteiger partial charge on any atom is -0.496 e. The van der Waals surface area contributed by atoms with Gasteiger partial charge < -0.3 is 19.1 Å². The van der Waals surface area contributed by atoms with Gasteiger partial charge in [0.15, 0.2) is 5.78 Å². The van der Waals surface area contributed by atoms with Crippen molar-refractivity contribution in [1.82, 2.24) is 4.90 Å². The Bertz CT molecular complexity index is 1530. The molecule has 41 heavy (non-hydrogen) atoms. The summed E-state index contributed by atoms with van der Waals surface area (Å²) in [5, 5.41) is 1.87. The van der Waals surface area contributed by atoms with Gasteiger partial charge in [-0.2, -0.15) is 0 Å². The van der Waals surface area contributed by atoms with E-state index in [1.165, 1.54) is 13.2 Å². The van der Waals surface area contributed by atoms with Crippen molar-refractivity contribution in [2.75, 3.05) is 35.4 Å². The molecule has 0 aliphatic carbocycles. The Hall–Kier alpha value is -4.23. The number of ketones is 1. The maximum atomic E-state index is 14.5. The van der Waals surface area contributed by atoms with Crippen molar-refractivity contribution in [1.29, 1.82) is 0 Å². The number of carbonyl (C=O) groups is 2. The zero-order chi connectivity index (χ0) is 29.7. The van der Waals surface area contributed by atoms with Crippen LogP contribution in [0.15, 0.2) is 66.7 Å². The van der Waals surface area contributed by atoms with Gasteiger partial charge in [0.1, 0.15) is 17.3 Å². The summed E-state index contributed by atoms with van der Waals surface area (Å²) in [7, 11) is 8.60. The van der Waals surface area contributed by atoms with E-state index in [1.807, 2.05) is 62.6 Å². The fraction of sp³-hybridized carbons (Fsp3) is 0.294. The zero-order valence-corrected chi connectivity index (χ0v) is 24.4. The molecule has 0 saturated heterocycles. The largest absolute Gasteiger partial charge is 0.496 e. The second kappa shape index (κ2) is 13.0. The summed E-state index contributed by atoms with van der Waals surface area (Å²) in [5.74, 6) is -0.928. The average molecular weight is 558 g/mol. The Morgan fingerprint density at radius 3 is 2.12 bits per heavy atom. The Balaban J connectivity index is 1.77. The molecule has 0 spiro atoms. The highest BCUT2D eigenvalue weighted by Gasteiger charge is 2.27. The Morgan fingerprint density at radius 1 is 0.878 bits per heavy atom. The number of carbonyl (C=O) groups excluding carboxylic acids is 2. The molecule has 0 heterocycles. The molecule has 0 aliphatic rings. The van der Waals surface area contributed by atoms with Crippen LogP contribution < -0.4 is 9.47 Å². The van der Waals surface area contributed by atoms with Crippen molar-refractivity contribution in [3.8, 4) is 22.6 Å². The number of esters is 1. The number of aryl methyl sites for hydroxylation is 1. The van der Waals surface area contributed by atoms with Crippen molar-refractivity contribution in [3.05, 3.63) is 94.8 Å². The molecular weight excluding hydrogens is 521 g/mol. The van der Waals surface area contributed by atoms with Gasteiger partial charge in [-0.1, -0.05) is 48.5 Å². The van der Waals surface area contributed by atoms with E-state index in [4.69, 9.17) is 14.2 Å². The third-order valence-electron chi connectivity index (χ3n) is 7.28. The number of methoxy groups -OCH3 is 3. The number of benzene rings is 4. The molecule has 0 unspecified atom stereocenters. The fourth-order valence-electron chi connectivity index (χ4n) is 5.44. The lowest BCUT2D eigenvalue weighted by Crippen LogP contribution is -2.23. The van der Waals surface area contributed by atoms with E-state index < -0.39 is 23.5 Å². The van der Waals surface area contributed by atoms with Crippen LogP contribution in [0.2, 0.25) is 0 Å². The van der Waals surface area contributed by atoms with Gasteiger partial charge in [0.2, 0.25) is 0 Å². The van der Waals surface area contributed by atoms with Crippen molar-refractivity contribution in [2.24, 2.45) is 5.92 Å². The molecule has 4 aromatic carbocycles. The standard InChI is InChI=1S/C34H36FNO5/c1-21-10-7-15-28(35)32(21)29(37)19-24(34(38)41-6)18-23-11-8-13-26-25(23)12-9-14-27(26)33-30(39-4)16-22(20-36(2)3)17-31(33)40-5/h7-17,24H,18-20H2,1-6H3/t24-/m1/s1. The first-order valence-corrected chi connectivity index (χ1v) is 13.4. The first-order valence-electron chi connectivity index (χ1n) is 13.4. The Kier molecular flexibility index (Phi) is 9.40. The van der Waals surface area contributed by atoms with Gasteiger partial charge >= 0.3 is 5.97 Å². The molecule has 4 aromatic rings. The number of fused-ring (bicyclic) bond motifs is 1. The summed E-state index contributed by atoms with van der Waals surface area (Å²) >= 11 is 0. The first-order chi connectivity index (χ1) is 19.7. The van der Waals surface area contributed by atoms with Crippen molar-refractivity contribution in [2.45, 2.75) is 26.3 Å². The molecule has 7 heteroatoms. The van der Waals surface area contributed by atoms with Crippen LogP contribution in [0.1, 0.15) is 33.5 Å². The van der Waals surface area contributed by atoms with Crippen LogP contribution in [0.5, 0.6) is 11.5 Å². The number of hydrogen-bond donors (Lipinski definition) is 0. The van der Waals surface area contributed by atoms with Crippen LogP contribution >= 0.6 is 0 Å². The maximum absolute atomic E-state index is 14.5. The molecule has 214 valence electrons. The number of ether oxygens (including phenoxy) is 3. The molecular formula is C34H36FNO5. The van der Waals surface area contributed by atoms with Crippen LogP contribution in [0, 0.1) is 18.7 Å². The Morgan fingerprint density at radius 2 is 1.51 bits per heavy atom. The number of Topliss-reactive ketones (excluding diaryl/α,β-unsaturated/α-hetero) is 1. The number of nitrogens with zero attached hydrogens (tertiary/aromatic N) is 1. The van der Waals surface area contributed by atoms with Crippen LogP contribution in [-0.2, 0) is 22.5 Å². The summed E-state index contributed by atoms with van der Waals surface area (Å²) in [4.78, 5) is 28.1. The molecule has 0 amide bonds. The van der Waals surface area contributed by atoms with E-state index in [-0.39, 0.29) is 18.4 Å². The van der Waals surface area contributed by atoms with Crippen LogP contribution in [0.3, 0.4) is 0 Å². The smallest absolute Gasteiger partial charge is 0.309 e. The van der Waals surface area contributed by atoms with Gasteiger partial charge in [0, 0.05) is 13.0 Å². The number of rotatable bonds is 11. The second-order valence-corrected chi connectivity index (χ2v) is 10.4. The number of hydrogen-bond acceptors (Lipinski definition) is 6. The summed E-state index contributed by atoms with van der Waals surface area (Å²) in [6, 6.07) is 20.4. The third-order valence-corrected chi connectivity index (χ3v) is 7.28. The van der Waals surface area contributed by atoms with Gasteiger partial charge in [0.05, 0.1) is 38.4 Å². The van der Waals surface area contributed by atoms with E-state index >= 15 is 0 Å². The predicted octanol–water partition coefficient (Wildman–Crippen LogP) is 6.64. The quantitative estimate of drug-likeness (QED) is 0.152. The molecule has 6 nitrogen and oxygen atoms in total. The van der Waals surface area contributed by atoms with Crippen molar-refractivity contribution in [3.63, 3.8) is 0 Å². The second-order valence-electron chi connectivity index (χ2n) is 10.4. The van der Waals surface area contributed by atoms with E-state index in [1.54, 1.807) is 33.3 Å². The van der Waals surface area contributed by atoms with E-state index in [9.17, 15) is 14.0 Å². The summed E-state index contributed by atoms with van der Waals surface area (Å²) in [5.41, 5.74) is 4.23. The highest BCUT2D eigenvalue weighted by atomic mass is 19.1. The van der Waals surface area contributed by atoms with Crippen LogP contribution in [-0.4, -0.2) is 52.1 Å². The van der Waals surface area contributed by atoms with Crippen molar-refractivity contribution >= 4 is 22.5 Å². The lowest BCUT2D eigenvalue weighted by Gasteiger charge is -2.20. The molecule has 1 atom stereocenters. The molecule has 4 rings (SSSR count). The molecule has 0 N–H and O–H groups in total. The molecule has 0 radical (unpaired) electrons. The molecule has 0 aromatic heterocycles. The molecule has 0 saturated carbocycles. The first kappa shape index (κ1) is 29.7. The lowest BCUT2D eigenvalue weighted by molar-refractivity contribution is -0.145.